The van der Waals surface area contributed by atoms with Crippen LogP contribution in [0.3, 0.4) is 0 Å². The third-order valence-electron chi connectivity index (χ3n) is 4.61. The first-order chi connectivity index (χ1) is 12.8. The van der Waals surface area contributed by atoms with Gasteiger partial charge in [0.1, 0.15) is 12.0 Å². The molecule has 1 aliphatic heterocycles. The van der Waals surface area contributed by atoms with E-state index in [1.807, 2.05) is 41.3 Å². The second kappa shape index (κ2) is 7.58. The van der Waals surface area contributed by atoms with Crippen molar-refractivity contribution in [3.63, 3.8) is 0 Å². The number of pyridine rings is 1. The number of aromatic nitrogens is 3. The number of benzene rings is 1. The van der Waals surface area contributed by atoms with Crippen molar-refractivity contribution in [2.45, 2.75) is 18.9 Å². The van der Waals surface area contributed by atoms with Gasteiger partial charge < -0.3 is 9.64 Å². The van der Waals surface area contributed by atoms with Crippen molar-refractivity contribution in [1.82, 2.24) is 19.9 Å². The number of carbonyl (C=O) groups excluding carboxylic acids is 1. The molecule has 1 fully saturated rings. The van der Waals surface area contributed by atoms with E-state index in [0.717, 1.165) is 29.4 Å². The van der Waals surface area contributed by atoms with Crippen LogP contribution in [0, 0.1) is 0 Å². The molecule has 1 aliphatic rings. The normalized spacial score (nSPS) is 17.4. The second-order valence-corrected chi connectivity index (χ2v) is 6.37. The Balaban J connectivity index is 1.42. The number of carbonyl (C=O) groups is 1. The Morgan fingerprint density at radius 2 is 2.12 bits per heavy atom. The first-order valence-corrected chi connectivity index (χ1v) is 8.81. The summed E-state index contributed by atoms with van der Waals surface area (Å²) in [6.45, 7) is 1.73. The minimum absolute atomic E-state index is 0.0168. The number of nitrogens with zero attached hydrogens (tertiary/aromatic N) is 4. The van der Waals surface area contributed by atoms with E-state index in [-0.39, 0.29) is 12.0 Å². The number of hydrogen-bond donors (Lipinski definition) is 0. The Morgan fingerprint density at radius 1 is 1.19 bits per heavy atom. The summed E-state index contributed by atoms with van der Waals surface area (Å²) in [4.78, 5) is 27.4. The molecule has 6 nitrogen and oxygen atoms in total. The third kappa shape index (κ3) is 3.70. The second-order valence-electron chi connectivity index (χ2n) is 6.37. The molecule has 4 rings (SSSR count). The number of amides is 1. The highest BCUT2D eigenvalue weighted by molar-refractivity contribution is 5.95. The molecule has 2 aromatic heterocycles. The molecule has 1 atom stereocenters. The van der Waals surface area contributed by atoms with Gasteiger partial charge in [0.05, 0.1) is 18.2 Å². The predicted molar refractivity (Wildman–Crippen MR) is 97.7 cm³/mol. The van der Waals surface area contributed by atoms with Crippen molar-refractivity contribution < 1.29 is 9.53 Å². The van der Waals surface area contributed by atoms with E-state index in [4.69, 9.17) is 4.74 Å². The van der Waals surface area contributed by atoms with Crippen molar-refractivity contribution in [2.75, 3.05) is 19.7 Å². The Bertz CT molecular complexity index is 900. The average Bonchev–Trinajstić information content (AvgIpc) is 2.72. The van der Waals surface area contributed by atoms with Gasteiger partial charge in [0.25, 0.3) is 5.91 Å². The smallest absolute Gasteiger partial charge is 0.272 e. The monoisotopic (exact) mass is 348 g/mol. The van der Waals surface area contributed by atoms with Gasteiger partial charge >= 0.3 is 0 Å². The third-order valence-corrected chi connectivity index (χ3v) is 4.61. The SMILES string of the molecule is O=C(c1ccc2ccccc2n1)N1CCO[C@H](CCc2ccncn2)C1. The Morgan fingerprint density at radius 3 is 3.00 bits per heavy atom. The number of para-hydroxylation sites is 1. The van der Waals surface area contributed by atoms with Crippen molar-refractivity contribution >= 4 is 16.8 Å². The number of aryl methyl sites for hydroxylation is 1. The fraction of sp³-hybridized carbons (Fsp3) is 0.300. The fourth-order valence-corrected chi connectivity index (χ4v) is 3.20. The highest BCUT2D eigenvalue weighted by atomic mass is 16.5. The van der Waals surface area contributed by atoms with E-state index in [2.05, 4.69) is 15.0 Å². The lowest BCUT2D eigenvalue weighted by Gasteiger charge is -2.32. The van der Waals surface area contributed by atoms with Crippen LogP contribution in [0.5, 0.6) is 0 Å². The molecule has 0 bridgehead atoms. The van der Waals surface area contributed by atoms with Crippen LogP contribution in [0.15, 0.2) is 55.0 Å². The molecule has 0 aliphatic carbocycles. The zero-order valence-corrected chi connectivity index (χ0v) is 14.4. The lowest BCUT2D eigenvalue weighted by molar-refractivity contribution is -0.0248. The summed E-state index contributed by atoms with van der Waals surface area (Å²) in [6, 6.07) is 13.5. The molecule has 1 amide bonds. The highest BCUT2D eigenvalue weighted by Crippen LogP contribution is 2.16. The van der Waals surface area contributed by atoms with Gasteiger partial charge in [-0.2, -0.15) is 0 Å². The number of ether oxygens (including phenoxy) is 1. The molecule has 6 heteroatoms. The lowest BCUT2D eigenvalue weighted by atomic mass is 10.1. The van der Waals surface area contributed by atoms with Gasteiger partial charge in [-0.3, -0.25) is 4.79 Å². The van der Waals surface area contributed by atoms with Crippen molar-refractivity contribution in [2.24, 2.45) is 0 Å². The van der Waals surface area contributed by atoms with E-state index >= 15 is 0 Å². The van der Waals surface area contributed by atoms with E-state index in [1.165, 1.54) is 0 Å². The van der Waals surface area contributed by atoms with Crippen LogP contribution in [0.1, 0.15) is 22.6 Å². The van der Waals surface area contributed by atoms with Crippen molar-refractivity contribution in [3.05, 3.63) is 66.4 Å². The van der Waals surface area contributed by atoms with Crippen LogP contribution >= 0.6 is 0 Å². The number of fused-ring (bicyclic) bond motifs is 1. The minimum Gasteiger partial charge on any atom is -0.375 e. The van der Waals surface area contributed by atoms with Gasteiger partial charge in [0.2, 0.25) is 0 Å². The summed E-state index contributed by atoms with van der Waals surface area (Å²) in [5.74, 6) is -0.0360. The van der Waals surface area contributed by atoms with Crippen molar-refractivity contribution in [3.8, 4) is 0 Å². The summed E-state index contributed by atoms with van der Waals surface area (Å²) in [6.07, 6.45) is 4.95. The molecule has 0 N–H and O–H groups in total. The molecule has 0 saturated carbocycles. The molecular formula is C20H20N4O2. The summed E-state index contributed by atoms with van der Waals surface area (Å²) >= 11 is 0. The van der Waals surface area contributed by atoms with Crippen LogP contribution in [-0.2, 0) is 11.2 Å². The van der Waals surface area contributed by atoms with E-state index in [9.17, 15) is 4.79 Å². The first-order valence-electron chi connectivity index (χ1n) is 8.81. The molecule has 26 heavy (non-hydrogen) atoms. The maximum atomic E-state index is 12.9. The van der Waals surface area contributed by atoms with Crippen LogP contribution in [0.2, 0.25) is 0 Å². The van der Waals surface area contributed by atoms with Crippen LogP contribution in [-0.4, -0.2) is 51.6 Å². The molecule has 132 valence electrons. The molecule has 0 radical (unpaired) electrons. The van der Waals surface area contributed by atoms with Crippen LogP contribution in [0.25, 0.3) is 10.9 Å². The topological polar surface area (TPSA) is 68.2 Å². The quantitative estimate of drug-likeness (QED) is 0.725. The Labute approximate surface area is 151 Å². The van der Waals surface area contributed by atoms with Gasteiger partial charge in [0.15, 0.2) is 0 Å². The molecule has 0 unspecified atom stereocenters. The van der Waals surface area contributed by atoms with Gasteiger partial charge in [-0.05, 0) is 31.0 Å². The number of hydrogen-bond acceptors (Lipinski definition) is 5. The molecule has 1 aromatic carbocycles. The number of morpholine rings is 1. The zero-order valence-electron chi connectivity index (χ0n) is 14.4. The Hall–Kier alpha value is -2.86. The first kappa shape index (κ1) is 16.6. The maximum absolute atomic E-state index is 12.9. The van der Waals surface area contributed by atoms with E-state index in [1.54, 1.807) is 18.6 Å². The molecule has 3 heterocycles. The maximum Gasteiger partial charge on any atom is 0.272 e. The van der Waals surface area contributed by atoms with Gasteiger partial charge in [0, 0.05) is 30.4 Å². The summed E-state index contributed by atoms with van der Waals surface area (Å²) in [5.41, 5.74) is 2.32. The average molecular weight is 348 g/mol. The summed E-state index contributed by atoms with van der Waals surface area (Å²) < 4.78 is 5.83. The molecule has 0 spiro atoms. The highest BCUT2D eigenvalue weighted by Gasteiger charge is 2.25. The van der Waals surface area contributed by atoms with Crippen molar-refractivity contribution in [1.29, 1.82) is 0 Å². The summed E-state index contributed by atoms with van der Waals surface area (Å²) in [7, 11) is 0. The predicted octanol–water partition coefficient (Wildman–Crippen LogP) is 2.50. The van der Waals surface area contributed by atoms with Gasteiger partial charge in [-0.25, -0.2) is 15.0 Å². The van der Waals surface area contributed by atoms with Gasteiger partial charge in [-0.1, -0.05) is 24.3 Å². The standard InChI is InChI=1S/C20H20N4O2/c25-20(19-8-5-15-3-1-2-4-18(15)23-19)24-11-12-26-17(13-24)7-6-16-9-10-21-14-22-16/h1-5,8-10,14,17H,6-7,11-13H2/t17-/m1/s1. The van der Waals surface area contributed by atoms with Crippen LogP contribution in [0.4, 0.5) is 0 Å². The summed E-state index contributed by atoms with van der Waals surface area (Å²) in [5, 5.41) is 1.04. The molecule has 1 saturated heterocycles. The molecule has 3 aromatic rings. The lowest BCUT2D eigenvalue weighted by Crippen LogP contribution is -2.46. The minimum atomic E-state index is -0.0360. The zero-order chi connectivity index (χ0) is 17.8. The van der Waals surface area contributed by atoms with Gasteiger partial charge in [-0.15, -0.1) is 0 Å². The molecular weight excluding hydrogens is 328 g/mol. The Kier molecular flexibility index (Phi) is 4.84. The van der Waals surface area contributed by atoms with Crippen LogP contribution < -0.4 is 0 Å². The largest absolute Gasteiger partial charge is 0.375 e. The fourth-order valence-electron chi connectivity index (χ4n) is 3.20. The van der Waals surface area contributed by atoms with E-state index < -0.39 is 0 Å². The van der Waals surface area contributed by atoms with E-state index in [0.29, 0.717) is 25.4 Å². The number of rotatable bonds is 4.